The van der Waals surface area contributed by atoms with Crippen molar-refractivity contribution in [2.45, 2.75) is 50.4 Å². The highest BCUT2D eigenvalue weighted by atomic mass is 19.1. The van der Waals surface area contributed by atoms with Crippen LogP contribution in [0, 0.1) is 0 Å². The van der Waals surface area contributed by atoms with E-state index in [-0.39, 0.29) is 25.4 Å². The molecule has 0 unspecified atom stereocenters. The average Bonchev–Trinajstić information content (AvgIpc) is 2.37. The molecule has 2 bridgehead atoms. The van der Waals surface area contributed by atoms with Crippen LogP contribution in [0.2, 0.25) is 0 Å². The first kappa shape index (κ1) is 9.90. The van der Waals surface area contributed by atoms with Crippen molar-refractivity contribution < 1.29 is 13.9 Å². The van der Waals surface area contributed by atoms with Crippen LogP contribution in [0.25, 0.3) is 0 Å². The number of halogens is 1. The number of carbonyl (C=O) groups is 1. The van der Waals surface area contributed by atoms with Gasteiger partial charge in [0, 0.05) is 19.4 Å². The zero-order valence-corrected chi connectivity index (χ0v) is 8.82. The first-order valence-corrected chi connectivity index (χ1v) is 4.92. The van der Waals surface area contributed by atoms with Gasteiger partial charge >= 0.3 is 5.97 Å². The van der Waals surface area contributed by atoms with Crippen molar-refractivity contribution in [2.75, 3.05) is 6.54 Å². The SMILES string of the molecule is CC(C)(C)OC(=O)C12CC(F)(CN1)C2. The normalized spacial score (nSPS) is 40.6. The van der Waals surface area contributed by atoms with Gasteiger partial charge in [-0.25, -0.2) is 4.39 Å². The zero-order valence-electron chi connectivity index (χ0n) is 8.82. The van der Waals surface area contributed by atoms with Crippen LogP contribution in [0.4, 0.5) is 4.39 Å². The summed E-state index contributed by atoms with van der Waals surface area (Å²) >= 11 is 0. The average molecular weight is 201 g/mol. The predicted octanol–water partition coefficient (Wildman–Crippen LogP) is 1.17. The Labute approximate surface area is 83.0 Å². The summed E-state index contributed by atoms with van der Waals surface area (Å²) in [6.45, 7) is 5.74. The Morgan fingerprint density at radius 1 is 1.43 bits per heavy atom. The molecule has 0 aromatic heterocycles. The van der Waals surface area contributed by atoms with Crippen molar-refractivity contribution in [1.82, 2.24) is 5.32 Å². The van der Waals surface area contributed by atoms with Gasteiger partial charge < -0.3 is 4.74 Å². The second-order valence-electron chi connectivity index (χ2n) is 5.44. The van der Waals surface area contributed by atoms with Crippen molar-refractivity contribution in [3.05, 3.63) is 0 Å². The molecule has 14 heavy (non-hydrogen) atoms. The molecule has 1 saturated carbocycles. The highest BCUT2D eigenvalue weighted by Gasteiger charge is 2.66. The second kappa shape index (κ2) is 2.48. The molecule has 0 atom stereocenters. The van der Waals surface area contributed by atoms with Gasteiger partial charge in [-0.15, -0.1) is 0 Å². The molecule has 3 aliphatic rings. The van der Waals surface area contributed by atoms with E-state index in [1.165, 1.54) is 0 Å². The maximum absolute atomic E-state index is 13.4. The zero-order chi connectivity index (χ0) is 10.6. The van der Waals surface area contributed by atoms with Gasteiger partial charge in [0.25, 0.3) is 0 Å². The largest absolute Gasteiger partial charge is 0.459 e. The molecule has 0 aromatic carbocycles. The standard InChI is InChI=1S/C10H16FNO2/c1-8(2,3)14-7(13)10-4-9(11,5-10)6-12-10/h12H,4-6H2,1-3H3. The molecule has 0 amide bonds. The predicted molar refractivity (Wildman–Crippen MR) is 49.7 cm³/mol. The van der Waals surface area contributed by atoms with Gasteiger partial charge in [-0.1, -0.05) is 0 Å². The van der Waals surface area contributed by atoms with Crippen LogP contribution in [0.1, 0.15) is 33.6 Å². The summed E-state index contributed by atoms with van der Waals surface area (Å²) in [6, 6.07) is 0. The maximum Gasteiger partial charge on any atom is 0.327 e. The summed E-state index contributed by atoms with van der Waals surface area (Å²) in [5.74, 6) is -0.309. The van der Waals surface area contributed by atoms with Crippen molar-refractivity contribution in [2.24, 2.45) is 0 Å². The monoisotopic (exact) mass is 201 g/mol. The lowest BCUT2D eigenvalue weighted by Crippen LogP contribution is -2.57. The molecule has 1 aliphatic carbocycles. The molecule has 2 aliphatic heterocycles. The fourth-order valence-electron chi connectivity index (χ4n) is 2.20. The van der Waals surface area contributed by atoms with E-state index in [4.69, 9.17) is 4.74 Å². The molecular formula is C10H16FNO2. The Morgan fingerprint density at radius 3 is 2.36 bits per heavy atom. The van der Waals surface area contributed by atoms with Gasteiger partial charge in [0.15, 0.2) is 0 Å². The van der Waals surface area contributed by atoms with Crippen LogP contribution in [0.3, 0.4) is 0 Å². The number of alkyl halides is 1. The van der Waals surface area contributed by atoms with Crippen molar-refractivity contribution in [3.8, 4) is 0 Å². The van der Waals surface area contributed by atoms with E-state index in [2.05, 4.69) is 5.32 Å². The van der Waals surface area contributed by atoms with E-state index in [0.717, 1.165) is 0 Å². The molecule has 3 fully saturated rings. The van der Waals surface area contributed by atoms with E-state index in [1.54, 1.807) is 0 Å². The summed E-state index contributed by atoms with van der Waals surface area (Å²) in [5.41, 5.74) is -2.37. The number of esters is 1. The fourth-order valence-corrected chi connectivity index (χ4v) is 2.20. The third kappa shape index (κ3) is 1.41. The third-order valence-corrected chi connectivity index (χ3v) is 2.77. The molecule has 1 N–H and O–H groups in total. The number of carbonyl (C=O) groups excluding carboxylic acids is 1. The van der Waals surface area contributed by atoms with Gasteiger partial charge in [-0.05, 0) is 20.8 Å². The minimum absolute atomic E-state index is 0.273. The lowest BCUT2D eigenvalue weighted by Gasteiger charge is -2.40. The lowest BCUT2D eigenvalue weighted by molar-refractivity contribution is -0.168. The van der Waals surface area contributed by atoms with Crippen LogP contribution < -0.4 is 5.32 Å². The van der Waals surface area contributed by atoms with Gasteiger partial charge in [0.2, 0.25) is 0 Å². The van der Waals surface area contributed by atoms with Gasteiger partial charge in [0.05, 0.1) is 0 Å². The Kier molecular flexibility index (Phi) is 1.75. The molecule has 0 radical (unpaired) electrons. The highest BCUT2D eigenvalue weighted by molar-refractivity contribution is 5.84. The Bertz CT molecular complexity index is 276. The van der Waals surface area contributed by atoms with Gasteiger partial charge in [-0.3, -0.25) is 10.1 Å². The third-order valence-electron chi connectivity index (χ3n) is 2.77. The summed E-state index contributed by atoms with van der Waals surface area (Å²) in [4.78, 5) is 11.7. The molecule has 2 saturated heterocycles. The second-order valence-corrected chi connectivity index (χ2v) is 5.44. The molecule has 80 valence electrons. The van der Waals surface area contributed by atoms with Crippen molar-refractivity contribution in [1.29, 1.82) is 0 Å². The summed E-state index contributed by atoms with van der Waals surface area (Å²) in [6.07, 6.45) is 0.545. The summed E-state index contributed by atoms with van der Waals surface area (Å²) in [7, 11) is 0. The van der Waals surface area contributed by atoms with Gasteiger partial charge in [-0.2, -0.15) is 0 Å². The number of fused-ring (bicyclic) bond motifs is 1. The van der Waals surface area contributed by atoms with Crippen LogP contribution in [-0.4, -0.2) is 29.3 Å². The van der Waals surface area contributed by atoms with Crippen LogP contribution in [0.15, 0.2) is 0 Å². The Balaban J connectivity index is 2.01. The molecule has 2 heterocycles. The van der Waals surface area contributed by atoms with Crippen LogP contribution >= 0.6 is 0 Å². The Hall–Kier alpha value is -0.640. The number of hydrogen-bond acceptors (Lipinski definition) is 3. The number of nitrogens with one attached hydrogen (secondary N) is 1. The van der Waals surface area contributed by atoms with E-state index in [1.807, 2.05) is 20.8 Å². The van der Waals surface area contributed by atoms with E-state index < -0.39 is 16.8 Å². The summed E-state index contributed by atoms with van der Waals surface area (Å²) < 4.78 is 18.7. The lowest BCUT2D eigenvalue weighted by atomic mass is 9.71. The molecule has 0 spiro atoms. The highest BCUT2D eigenvalue weighted by Crippen LogP contribution is 2.50. The minimum atomic E-state index is -1.16. The van der Waals surface area contributed by atoms with E-state index >= 15 is 0 Å². The minimum Gasteiger partial charge on any atom is -0.459 e. The smallest absolute Gasteiger partial charge is 0.327 e. The number of ether oxygens (including phenoxy) is 1. The van der Waals surface area contributed by atoms with Crippen molar-refractivity contribution >= 4 is 5.97 Å². The van der Waals surface area contributed by atoms with E-state index in [9.17, 15) is 9.18 Å². The first-order chi connectivity index (χ1) is 6.25. The quantitative estimate of drug-likeness (QED) is 0.647. The maximum atomic E-state index is 13.4. The fraction of sp³-hybridized carbons (Fsp3) is 0.900. The van der Waals surface area contributed by atoms with Crippen LogP contribution in [0.5, 0.6) is 0 Å². The van der Waals surface area contributed by atoms with Gasteiger partial charge in [0.1, 0.15) is 16.8 Å². The Morgan fingerprint density at radius 2 is 2.00 bits per heavy atom. The summed E-state index contributed by atoms with van der Waals surface area (Å²) in [5, 5.41) is 2.92. The molecule has 3 rings (SSSR count). The molecule has 0 aromatic rings. The van der Waals surface area contributed by atoms with Crippen molar-refractivity contribution in [3.63, 3.8) is 0 Å². The number of rotatable bonds is 1. The van der Waals surface area contributed by atoms with E-state index in [0.29, 0.717) is 0 Å². The number of hydrogen-bond donors (Lipinski definition) is 1. The van der Waals surface area contributed by atoms with Crippen LogP contribution in [-0.2, 0) is 9.53 Å². The first-order valence-electron chi connectivity index (χ1n) is 4.92. The molecule has 3 nitrogen and oxygen atoms in total. The molecular weight excluding hydrogens is 185 g/mol. The topological polar surface area (TPSA) is 38.3 Å². The molecule has 4 heteroatoms.